The van der Waals surface area contributed by atoms with Crippen LogP contribution in [0.4, 0.5) is 5.69 Å². The molecule has 0 fully saturated rings. The van der Waals surface area contributed by atoms with E-state index in [1.807, 2.05) is 49.4 Å². The number of amides is 2. The summed E-state index contributed by atoms with van der Waals surface area (Å²) >= 11 is 0. The van der Waals surface area contributed by atoms with Gasteiger partial charge in [-0.1, -0.05) is 36.4 Å². The fourth-order valence-electron chi connectivity index (χ4n) is 3.66. The predicted octanol–water partition coefficient (Wildman–Crippen LogP) is 4.45. The van der Waals surface area contributed by atoms with Gasteiger partial charge in [-0.2, -0.15) is 0 Å². The molecule has 142 valence electrons. The summed E-state index contributed by atoms with van der Waals surface area (Å²) in [6.07, 6.45) is 1.79. The third-order valence-electron chi connectivity index (χ3n) is 5.05. The smallest absolute Gasteiger partial charge is 0.265 e. The van der Waals surface area contributed by atoms with Crippen LogP contribution < -0.4 is 14.4 Å². The topological polar surface area (TPSA) is 55.8 Å². The van der Waals surface area contributed by atoms with E-state index in [0.29, 0.717) is 33.9 Å². The van der Waals surface area contributed by atoms with Gasteiger partial charge < -0.3 is 9.47 Å². The van der Waals surface area contributed by atoms with Crippen molar-refractivity contribution in [1.82, 2.24) is 0 Å². The van der Waals surface area contributed by atoms with Gasteiger partial charge in [0.1, 0.15) is 0 Å². The van der Waals surface area contributed by atoms with Gasteiger partial charge in [0.05, 0.1) is 5.69 Å². The second-order valence-corrected chi connectivity index (χ2v) is 7.00. The van der Waals surface area contributed by atoms with E-state index >= 15 is 0 Å². The van der Waals surface area contributed by atoms with E-state index in [-0.39, 0.29) is 18.6 Å². The zero-order valence-corrected chi connectivity index (χ0v) is 15.7. The van der Waals surface area contributed by atoms with Gasteiger partial charge in [-0.15, -0.1) is 0 Å². The molecule has 2 aliphatic heterocycles. The Morgan fingerprint density at radius 1 is 0.828 bits per heavy atom. The maximum Gasteiger partial charge on any atom is 0.265 e. The van der Waals surface area contributed by atoms with Gasteiger partial charge in [0.15, 0.2) is 11.5 Å². The first kappa shape index (κ1) is 17.3. The minimum atomic E-state index is -0.350. The highest BCUT2D eigenvalue weighted by Crippen LogP contribution is 2.36. The van der Waals surface area contributed by atoms with Crippen molar-refractivity contribution in [2.75, 3.05) is 11.7 Å². The van der Waals surface area contributed by atoms with Crippen LogP contribution in [0, 0.1) is 6.92 Å². The molecule has 0 bridgehead atoms. The molecule has 0 radical (unpaired) electrons. The highest BCUT2D eigenvalue weighted by atomic mass is 16.7. The third-order valence-corrected chi connectivity index (χ3v) is 5.05. The molecule has 0 aliphatic carbocycles. The summed E-state index contributed by atoms with van der Waals surface area (Å²) in [7, 11) is 0. The van der Waals surface area contributed by atoms with E-state index in [0.717, 1.165) is 11.1 Å². The van der Waals surface area contributed by atoms with E-state index in [2.05, 4.69) is 0 Å². The SMILES string of the molecule is Cc1cccc(N2C(=O)/C(=C/c3ccc4c(c3)OCO4)c3ccccc3C2=O)c1. The molecule has 29 heavy (non-hydrogen) atoms. The normalized spacial score (nSPS) is 16.3. The molecule has 0 atom stereocenters. The average molecular weight is 383 g/mol. The number of hydrogen-bond donors (Lipinski definition) is 0. The molecule has 0 unspecified atom stereocenters. The van der Waals surface area contributed by atoms with Crippen molar-refractivity contribution in [3.63, 3.8) is 0 Å². The number of benzene rings is 3. The summed E-state index contributed by atoms with van der Waals surface area (Å²) in [4.78, 5) is 27.8. The van der Waals surface area contributed by atoms with Crippen molar-refractivity contribution in [2.24, 2.45) is 0 Å². The second kappa shape index (κ2) is 6.63. The molecule has 0 saturated carbocycles. The summed E-state index contributed by atoms with van der Waals surface area (Å²) < 4.78 is 10.8. The first-order valence-corrected chi connectivity index (χ1v) is 9.28. The van der Waals surface area contributed by atoms with Crippen LogP contribution >= 0.6 is 0 Å². The molecule has 3 aromatic rings. The average Bonchev–Trinajstić information content (AvgIpc) is 3.19. The highest BCUT2D eigenvalue weighted by Gasteiger charge is 2.35. The van der Waals surface area contributed by atoms with Crippen LogP contribution in [0.25, 0.3) is 11.6 Å². The van der Waals surface area contributed by atoms with E-state index < -0.39 is 0 Å². The van der Waals surface area contributed by atoms with Crippen molar-refractivity contribution >= 4 is 29.2 Å². The predicted molar refractivity (Wildman–Crippen MR) is 110 cm³/mol. The van der Waals surface area contributed by atoms with Crippen LogP contribution in [0.2, 0.25) is 0 Å². The third kappa shape index (κ3) is 2.88. The summed E-state index contributed by atoms with van der Waals surface area (Å²) in [5.74, 6) is 0.651. The Bertz CT molecular complexity index is 1190. The number of anilines is 1. The molecular weight excluding hydrogens is 366 g/mol. The lowest BCUT2D eigenvalue weighted by Gasteiger charge is -2.29. The molecule has 3 aromatic carbocycles. The van der Waals surface area contributed by atoms with E-state index in [1.165, 1.54) is 4.90 Å². The van der Waals surface area contributed by atoms with Gasteiger partial charge >= 0.3 is 0 Å². The number of nitrogens with zero attached hydrogens (tertiary/aromatic N) is 1. The molecule has 5 rings (SSSR count). The summed E-state index contributed by atoms with van der Waals surface area (Å²) in [6.45, 7) is 2.12. The minimum Gasteiger partial charge on any atom is -0.454 e. The Kier molecular flexibility index (Phi) is 3.95. The van der Waals surface area contributed by atoms with Crippen LogP contribution in [-0.4, -0.2) is 18.6 Å². The van der Waals surface area contributed by atoms with Gasteiger partial charge in [0, 0.05) is 11.1 Å². The lowest BCUT2D eigenvalue weighted by atomic mass is 9.91. The summed E-state index contributed by atoms with van der Waals surface area (Å²) in [5, 5.41) is 0. The standard InChI is InChI=1S/C24H17NO4/c1-15-5-4-6-17(11-15)25-23(26)19-8-3-2-7-18(19)20(24(25)27)12-16-9-10-21-22(13-16)29-14-28-21/h2-13H,14H2,1H3/b20-12+. The largest absolute Gasteiger partial charge is 0.454 e. The van der Waals surface area contributed by atoms with Crippen LogP contribution in [0.3, 0.4) is 0 Å². The number of fused-ring (bicyclic) bond motifs is 2. The summed E-state index contributed by atoms with van der Waals surface area (Å²) in [5.41, 5.74) is 3.92. The van der Waals surface area contributed by atoms with Gasteiger partial charge in [0.2, 0.25) is 6.79 Å². The first-order chi connectivity index (χ1) is 14.1. The number of carbonyl (C=O) groups excluding carboxylic acids is 2. The Morgan fingerprint density at radius 3 is 2.45 bits per heavy atom. The quantitative estimate of drug-likeness (QED) is 0.485. The zero-order valence-electron chi connectivity index (χ0n) is 15.7. The van der Waals surface area contributed by atoms with E-state index in [1.54, 1.807) is 30.3 Å². The monoisotopic (exact) mass is 383 g/mol. The fraction of sp³-hybridized carbons (Fsp3) is 0.0833. The lowest BCUT2D eigenvalue weighted by Crippen LogP contribution is -2.41. The molecule has 5 heteroatoms. The van der Waals surface area contributed by atoms with Crippen LogP contribution in [-0.2, 0) is 4.79 Å². The molecule has 2 amide bonds. The molecule has 0 spiro atoms. The molecular formula is C24H17NO4. The zero-order chi connectivity index (χ0) is 20.0. The fourth-order valence-corrected chi connectivity index (χ4v) is 3.66. The molecule has 2 heterocycles. The van der Waals surface area contributed by atoms with Gasteiger partial charge in [-0.3, -0.25) is 9.59 Å². The minimum absolute atomic E-state index is 0.187. The van der Waals surface area contributed by atoms with Crippen LogP contribution in [0.1, 0.15) is 27.0 Å². The Labute approximate surface area is 167 Å². The number of carbonyl (C=O) groups is 2. The molecule has 0 N–H and O–H groups in total. The van der Waals surface area contributed by atoms with Gasteiger partial charge in [-0.25, -0.2) is 4.90 Å². The van der Waals surface area contributed by atoms with Crippen molar-refractivity contribution in [3.05, 3.63) is 89.0 Å². The van der Waals surface area contributed by atoms with Crippen LogP contribution in [0.15, 0.2) is 66.7 Å². The van der Waals surface area contributed by atoms with Crippen molar-refractivity contribution in [3.8, 4) is 11.5 Å². The Hall–Kier alpha value is -3.86. The van der Waals surface area contributed by atoms with Crippen molar-refractivity contribution in [2.45, 2.75) is 6.92 Å². The number of imide groups is 1. The van der Waals surface area contributed by atoms with Crippen molar-refractivity contribution in [1.29, 1.82) is 0 Å². The lowest BCUT2D eigenvalue weighted by molar-refractivity contribution is -0.112. The number of aryl methyl sites for hydroxylation is 1. The number of ether oxygens (including phenoxy) is 2. The van der Waals surface area contributed by atoms with Gasteiger partial charge in [-0.05, 0) is 60.0 Å². The first-order valence-electron chi connectivity index (χ1n) is 9.28. The molecule has 0 saturated heterocycles. The maximum absolute atomic E-state index is 13.4. The van der Waals surface area contributed by atoms with Crippen LogP contribution in [0.5, 0.6) is 11.5 Å². The Balaban J connectivity index is 1.67. The van der Waals surface area contributed by atoms with Gasteiger partial charge in [0.25, 0.3) is 11.8 Å². The molecule has 5 nitrogen and oxygen atoms in total. The molecule has 0 aromatic heterocycles. The van der Waals surface area contributed by atoms with E-state index in [4.69, 9.17) is 9.47 Å². The maximum atomic E-state index is 13.4. The van der Waals surface area contributed by atoms with Crippen molar-refractivity contribution < 1.29 is 19.1 Å². The Morgan fingerprint density at radius 2 is 1.62 bits per heavy atom. The van der Waals surface area contributed by atoms with E-state index in [9.17, 15) is 9.59 Å². The second-order valence-electron chi connectivity index (χ2n) is 7.00. The number of rotatable bonds is 2. The highest BCUT2D eigenvalue weighted by molar-refractivity contribution is 6.43. The number of hydrogen-bond acceptors (Lipinski definition) is 4. The molecule has 2 aliphatic rings. The summed E-state index contributed by atoms with van der Waals surface area (Å²) in [6, 6.07) is 20.1.